The lowest BCUT2D eigenvalue weighted by Gasteiger charge is -2.27. The van der Waals surface area contributed by atoms with Gasteiger partial charge in [0.15, 0.2) is 11.6 Å². The van der Waals surface area contributed by atoms with Gasteiger partial charge in [-0.2, -0.15) is 0 Å². The predicted octanol–water partition coefficient (Wildman–Crippen LogP) is 5.32. The number of hydrogen-bond donors (Lipinski definition) is 4. The number of methoxy groups -OCH3 is 1. The molecule has 0 fully saturated rings. The van der Waals surface area contributed by atoms with Crippen LogP contribution in [-0.4, -0.2) is 39.1 Å². The Morgan fingerprint density at radius 3 is 2.17 bits per heavy atom. The highest BCUT2D eigenvalue weighted by Crippen LogP contribution is 2.56. The highest BCUT2D eigenvalue weighted by Gasteiger charge is 2.46. The normalized spacial score (nSPS) is 19.2. The van der Waals surface area contributed by atoms with E-state index in [9.17, 15) is 30.0 Å². The first-order valence-electron chi connectivity index (χ1n) is 12.5. The summed E-state index contributed by atoms with van der Waals surface area (Å²) in [7, 11) is 1.53. The molecule has 0 amide bonds. The van der Waals surface area contributed by atoms with Crippen LogP contribution in [0.4, 0.5) is 0 Å². The lowest BCUT2D eigenvalue weighted by Crippen LogP contribution is -2.22. The van der Waals surface area contributed by atoms with Crippen molar-refractivity contribution in [1.29, 1.82) is 0 Å². The number of carbonyl (C=O) groups excluding carboxylic acids is 2. The van der Waals surface area contributed by atoms with E-state index in [0.29, 0.717) is 16.9 Å². The van der Waals surface area contributed by atoms with Gasteiger partial charge < -0.3 is 34.6 Å². The number of Topliss-reactive ketones (excluding diaryl/α,β-unsaturated/α-hetero) is 2. The topological polar surface area (TPSA) is 143 Å². The molecule has 2 aliphatic heterocycles. The molecule has 4 N–H and O–H groups in total. The van der Waals surface area contributed by atoms with Gasteiger partial charge in [-0.25, -0.2) is 0 Å². The lowest BCUT2D eigenvalue weighted by atomic mass is 9.82. The van der Waals surface area contributed by atoms with Crippen molar-refractivity contribution >= 4 is 11.6 Å². The van der Waals surface area contributed by atoms with E-state index in [0.717, 1.165) is 6.07 Å². The molecular formula is C31H24O9. The summed E-state index contributed by atoms with van der Waals surface area (Å²) in [5.41, 5.74) is 1.24. The van der Waals surface area contributed by atoms with Gasteiger partial charge in [-0.15, -0.1) is 0 Å². The Morgan fingerprint density at radius 1 is 0.825 bits per heavy atom. The van der Waals surface area contributed by atoms with Gasteiger partial charge in [-0.1, -0.05) is 24.3 Å². The zero-order valence-corrected chi connectivity index (χ0v) is 21.2. The van der Waals surface area contributed by atoms with E-state index in [2.05, 4.69) is 0 Å². The molecule has 0 bridgehead atoms. The van der Waals surface area contributed by atoms with Gasteiger partial charge in [0.2, 0.25) is 0 Å². The number of ketones is 2. The molecule has 4 aromatic carbocycles. The van der Waals surface area contributed by atoms with E-state index >= 15 is 0 Å². The second-order valence-electron chi connectivity index (χ2n) is 9.69. The summed E-state index contributed by atoms with van der Waals surface area (Å²) in [6, 6.07) is 18.3. The van der Waals surface area contributed by atoms with Gasteiger partial charge >= 0.3 is 0 Å². The summed E-state index contributed by atoms with van der Waals surface area (Å²) >= 11 is 0. The van der Waals surface area contributed by atoms with E-state index in [4.69, 9.17) is 14.2 Å². The minimum Gasteiger partial charge on any atom is -0.508 e. The SMILES string of the molecule is COc1ccc([C@@H]2Oc3cc4c(c(O)c3[C@@H]2C(=O)c2ccc(O)cc2O)C(=O)C[C@@H](c2ccc(O)cc2)O4)cc1. The summed E-state index contributed by atoms with van der Waals surface area (Å²) in [6.45, 7) is 0. The fourth-order valence-electron chi connectivity index (χ4n) is 5.31. The van der Waals surface area contributed by atoms with Crippen molar-refractivity contribution in [3.63, 3.8) is 0 Å². The maximum atomic E-state index is 13.9. The largest absolute Gasteiger partial charge is 0.508 e. The Morgan fingerprint density at radius 2 is 1.50 bits per heavy atom. The number of rotatable bonds is 5. The molecule has 2 aliphatic rings. The molecule has 0 radical (unpaired) electrons. The van der Waals surface area contributed by atoms with Crippen LogP contribution in [0.15, 0.2) is 72.8 Å². The van der Waals surface area contributed by atoms with Gasteiger partial charge in [0.25, 0.3) is 0 Å². The first kappa shape index (κ1) is 25.1. The van der Waals surface area contributed by atoms with Crippen molar-refractivity contribution in [2.45, 2.75) is 24.5 Å². The molecule has 0 unspecified atom stereocenters. The van der Waals surface area contributed by atoms with E-state index in [-0.39, 0.29) is 51.9 Å². The number of hydrogen-bond acceptors (Lipinski definition) is 9. The van der Waals surface area contributed by atoms with Crippen molar-refractivity contribution in [2.24, 2.45) is 0 Å². The molecule has 6 rings (SSSR count). The highest BCUT2D eigenvalue weighted by atomic mass is 16.5. The molecule has 0 saturated heterocycles. The van der Waals surface area contributed by atoms with Gasteiger partial charge in [0, 0.05) is 12.1 Å². The third-order valence-electron chi connectivity index (χ3n) is 7.29. The van der Waals surface area contributed by atoms with Crippen molar-refractivity contribution < 1.29 is 44.2 Å². The molecule has 9 nitrogen and oxygen atoms in total. The molecule has 0 spiro atoms. The maximum Gasteiger partial charge on any atom is 0.178 e. The van der Waals surface area contributed by atoms with Gasteiger partial charge in [0.1, 0.15) is 58.0 Å². The summed E-state index contributed by atoms with van der Waals surface area (Å²) in [6.07, 6.45) is -1.63. The van der Waals surface area contributed by atoms with Crippen LogP contribution in [0.25, 0.3) is 0 Å². The quantitative estimate of drug-likeness (QED) is 0.247. The molecule has 0 aromatic heterocycles. The van der Waals surface area contributed by atoms with E-state index in [1.807, 2.05) is 0 Å². The Kier molecular flexibility index (Phi) is 5.99. The molecule has 0 aliphatic carbocycles. The molecule has 202 valence electrons. The lowest BCUT2D eigenvalue weighted by molar-refractivity contribution is 0.0842. The number of aromatic hydroxyl groups is 4. The average molecular weight is 541 g/mol. The molecule has 40 heavy (non-hydrogen) atoms. The summed E-state index contributed by atoms with van der Waals surface area (Å²) < 4.78 is 17.6. The zero-order chi connectivity index (χ0) is 28.1. The van der Waals surface area contributed by atoms with Crippen LogP contribution in [0.3, 0.4) is 0 Å². The van der Waals surface area contributed by atoms with Crippen molar-refractivity contribution in [3.05, 3.63) is 101 Å². The zero-order valence-electron chi connectivity index (χ0n) is 21.2. The number of phenols is 4. The third kappa shape index (κ3) is 4.12. The predicted molar refractivity (Wildman–Crippen MR) is 142 cm³/mol. The molecule has 4 aromatic rings. The summed E-state index contributed by atoms with van der Waals surface area (Å²) in [5.74, 6) is -2.21. The van der Waals surface area contributed by atoms with Crippen LogP contribution < -0.4 is 14.2 Å². The Hall–Kier alpha value is -5.18. The smallest absolute Gasteiger partial charge is 0.178 e. The average Bonchev–Trinajstić information content (AvgIpc) is 3.32. The maximum absolute atomic E-state index is 13.9. The fraction of sp³-hybridized carbons (Fsp3) is 0.161. The van der Waals surface area contributed by atoms with Crippen LogP contribution in [0, 0.1) is 0 Å². The number of phenolic OH excluding ortho intramolecular Hbond substituents is 4. The number of fused-ring (bicyclic) bond motifs is 2. The highest BCUT2D eigenvalue weighted by molar-refractivity contribution is 6.07. The summed E-state index contributed by atoms with van der Waals surface area (Å²) in [4.78, 5) is 27.2. The van der Waals surface area contributed by atoms with Crippen LogP contribution in [0.1, 0.15) is 62.0 Å². The summed E-state index contributed by atoms with van der Waals surface area (Å²) in [5, 5.41) is 41.3. The van der Waals surface area contributed by atoms with Crippen LogP contribution in [0.5, 0.6) is 40.2 Å². The molecular weight excluding hydrogens is 516 g/mol. The first-order valence-corrected chi connectivity index (χ1v) is 12.5. The minimum atomic E-state index is -1.13. The molecule has 2 heterocycles. The second-order valence-corrected chi connectivity index (χ2v) is 9.69. The van der Waals surface area contributed by atoms with Crippen molar-refractivity contribution in [1.82, 2.24) is 0 Å². The molecule has 9 heteroatoms. The van der Waals surface area contributed by atoms with Gasteiger partial charge in [-0.3, -0.25) is 9.59 Å². The Balaban J connectivity index is 1.46. The molecule has 0 saturated carbocycles. The van der Waals surface area contributed by atoms with Crippen molar-refractivity contribution in [3.8, 4) is 40.2 Å². The second kappa shape index (κ2) is 9.53. The van der Waals surface area contributed by atoms with Crippen molar-refractivity contribution in [2.75, 3.05) is 7.11 Å². The standard InChI is InChI=1S/C31H24O9/c1-38-19-9-4-16(5-10-19)31-28(29(36)20-11-8-18(33)12-21(20)34)27-25(40-31)14-24-26(30(27)37)22(35)13-23(39-24)15-2-6-17(32)7-3-15/h2-12,14,23,28,31-34,37H,13H2,1H3/t23-,28+,31-/m0/s1. The van der Waals surface area contributed by atoms with Crippen LogP contribution in [-0.2, 0) is 0 Å². The molecule has 3 atom stereocenters. The van der Waals surface area contributed by atoms with Gasteiger partial charge in [-0.05, 0) is 47.5 Å². The Labute approximate surface area is 228 Å². The monoisotopic (exact) mass is 540 g/mol. The third-order valence-corrected chi connectivity index (χ3v) is 7.29. The minimum absolute atomic E-state index is 0.0551. The van der Waals surface area contributed by atoms with Crippen LogP contribution >= 0.6 is 0 Å². The fourth-order valence-corrected chi connectivity index (χ4v) is 5.31. The van der Waals surface area contributed by atoms with E-state index in [1.54, 1.807) is 36.4 Å². The number of ether oxygens (including phenoxy) is 3. The Bertz CT molecular complexity index is 1640. The van der Waals surface area contributed by atoms with E-state index < -0.39 is 35.4 Å². The number of benzene rings is 4. The van der Waals surface area contributed by atoms with Gasteiger partial charge in [0.05, 0.1) is 30.6 Å². The number of carbonyl (C=O) groups is 2. The van der Waals surface area contributed by atoms with Crippen LogP contribution in [0.2, 0.25) is 0 Å². The van der Waals surface area contributed by atoms with E-state index in [1.165, 1.54) is 37.4 Å². The first-order chi connectivity index (χ1) is 19.2.